The molecule has 2 aromatic heterocycles. The van der Waals surface area contributed by atoms with Gasteiger partial charge in [0.1, 0.15) is 18.2 Å². The molecule has 0 saturated heterocycles. The second-order valence-electron chi connectivity index (χ2n) is 11.4. The summed E-state index contributed by atoms with van der Waals surface area (Å²) in [4.78, 5) is 26.2. The van der Waals surface area contributed by atoms with Gasteiger partial charge in [-0.25, -0.2) is 9.97 Å². The van der Waals surface area contributed by atoms with E-state index in [0.29, 0.717) is 6.61 Å². The molecule has 5 aromatic rings. The molecule has 0 saturated carbocycles. The molecular formula is C35H31N3O3. The van der Waals surface area contributed by atoms with Crippen molar-refractivity contribution in [2.45, 2.75) is 52.7 Å². The molecule has 0 spiro atoms. The highest BCUT2D eigenvalue weighted by Gasteiger charge is 2.30. The van der Waals surface area contributed by atoms with Crippen LogP contribution >= 0.6 is 0 Å². The van der Waals surface area contributed by atoms with Crippen LogP contribution in [0.15, 0.2) is 67.4 Å². The predicted octanol–water partition coefficient (Wildman–Crippen LogP) is 6.93. The number of fused-ring (bicyclic) bond motifs is 1. The number of ketones is 1. The Morgan fingerprint density at radius 2 is 1.80 bits per heavy atom. The number of Topliss-reactive ketones (excluding diaryl/α,β-unsaturated/α-hetero) is 1. The molecule has 0 unspecified atom stereocenters. The summed E-state index contributed by atoms with van der Waals surface area (Å²) in [5, 5.41) is 3.05. The van der Waals surface area contributed by atoms with E-state index in [1.165, 1.54) is 11.9 Å². The first-order chi connectivity index (χ1) is 19.7. The van der Waals surface area contributed by atoms with Crippen molar-refractivity contribution in [3.05, 3.63) is 95.2 Å². The zero-order valence-corrected chi connectivity index (χ0v) is 23.9. The van der Waals surface area contributed by atoms with Gasteiger partial charge in [-0.05, 0) is 98.0 Å². The SMILES string of the molecule is CC(=O)[C@@H](OC(C)(C)C)c1c(C)cc2cc(C#Cc3cncnc3)ccc2c1-c1ccc2c3c(ccnc13)CCO2. The van der Waals surface area contributed by atoms with Crippen molar-refractivity contribution in [2.24, 2.45) is 0 Å². The third-order valence-electron chi connectivity index (χ3n) is 7.24. The molecule has 1 atom stereocenters. The molecule has 6 heteroatoms. The normalized spacial score (nSPS) is 13.4. The Morgan fingerprint density at radius 1 is 1.02 bits per heavy atom. The Kier molecular flexibility index (Phi) is 6.76. The summed E-state index contributed by atoms with van der Waals surface area (Å²) >= 11 is 0. The highest BCUT2D eigenvalue weighted by atomic mass is 16.5. The van der Waals surface area contributed by atoms with Crippen molar-refractivity contribution in [1.29, 1.82) is 0 Å². The molecule has 1 aliphatic rings. The number of hydrogen-bond acceptors (Lipinski definition) is 6. The predicted molar refractivity (Wildman–Crippen MR) is 161 cm³/mol. The minimum Gasteiger partial charge on any atom is -0.493 e. The summed E-state index contributed by atoms with van der Waals surface area (Å²) in [7, 11) is 0. The lowest BCUT2D eigenvalue weighted by Crippen LogP contribution is -2.27. The maximum atomic E-state index is 13.2. The highest BCUT2D eigenvalue weighted by Crippen LogP contribution is 2.45. The van der Waals surface area contributed by atoms with Crippen LogP contribution in [0, 0.1) is 18.8 Å². The van der Waals surface area contributed by atoms with Gasteiger partial charge in [0.15, 0.2) is 5.78 Å². The molecule has 0 radical (unpaired) electrons. The zero-order valence-electron chi connectivity index (χ0n) is 23.9. The van der Waals surface area contributed by atoms with Gasteiger partial charge in [0.25, 0.3) is 0 Å². The third kappa shape index (κ3) is 5.17. The van der Waals surface area contributed by atoms with Gasteiger partial charge in [-0.1, -0.05) is 24.0 Å². The number of benzene rings is 3. The number of aryl methyl sites for hydroxylation is 1. The molecule has 204 valence electrons. The van der Waals surface area contributed by atoms with Crippen molar-refractivity contribution in [2.75, 3.05) is 6.61 Å². The van der Waals surface area contributed by atoms with E-state index in [9.17, 15) is 4.79 Å². The first kappa shape index (κ1) is 26.6. The number of carbonyl (C=O) groups excluding carboxylic acids is 1. The van der Waals surface area contributed by atoms with Crippen LogP contribution in [0.1, 0.15) is 61.6 Å². The average molecular weight is 542 g/mol. The van der Waals surface area contributed by atoms with Crippen LogP contribution < -0.4 is 4.74 Å². The van der Waals surface area contributed by atoms with Crippen LogP contribution in [-0.2, 0) is 16.0 Å². The molecule has 0 bridgehead atoms. The minimum absolute atomic E-state index is 0.0461. The summed E-state index contributed by atoms with van der Waals surface area (Å²) in [6, 6.07) is 14.5. The molecule has 6 rings (SSSR count). The van der Waals surface area contributed by atoms with Gasteiger partial charge in [-0.2, -0.15) is 0 Å². The number of hydrogen-bond donors (Lipinski definition) is 0. The molecule has 41 heavy (non-hydrogen) atoms. The van der Waals surface area contributed by atoms with Gasteiger partial charge in [-0.3, -0.25) is 9.78 Å². The molecular weight excluding hydrogens is 510 g/mol. The highest BCUT2D eigenvalue weighted by molar-refractivity contribution is 6.09. The lowest BCUT2D eigenvalue weighted by atomic mass is 9.84. The van der Waals surface area contributed by atoms with Crippen LogP contribution in [-0.4, -0.2) is 32.9 Å². The van der Waals surface area contributed by atoms with Crippen molar-refractivity contribution in [3.63, 3.8) is 0 Å². The smallest absolute Gasteiger partial charge is 0.163 e. The number of rotatable bonds is 4. The Bertz CT molecular complexity index is 1870. The van der Waals surface area contributed by atoms with Gasteiger partial charge in [0.2, 0.25) is 0 Å². The van der Waals surface area contributed by atoms with Crippen LogP contribution in [0.4, 0.5) is 0 Å². The molecule has 0 fully saturated rings. The number of pyridine rings is 1. The summed E-state index contributed by atoms with van der Waals surface area (Å²) < 4.78 is 12.5. The standard InChI is InChI=1S/C35H31N3O3/c1-21-16-26-17-23(6-7-24-18-36-20-37-19-24)8-9-27(26)32(30(21)34(22(2)39)41-35(3,4)5)28-10-11-29-31-25(13-15-40-29)12-14-38-33(28)31/h8-12,14,16-20,34H,13,15H2,1-5H3/t34-/m1/s1. The van der Waals surface area contributed by atoms with Crippen molar-refractivity contribution in [1.82, 2.24) is 15.0 Å². The van der Waals surface area contributed by atoms with E-state index >= 15 is 0 Å². The molecule has 3 aromatic carbocycles. The molecule has 0 aliphatic carbocycles. The Balaban J connectivity index is 1.64. The van der Waals surface area contributed by atoms with Crippen LogP contribution in [0.3, 0.4) is 0 Å². The van der Waals surface area contributed by atoms with E-state index in [-0.39, 0.29) is 5.78 Å². The van der Waals surface area contributed by atoms with E-state index in [1.54, 1.807) is 19.3 Å². The van der Waals surface area contributed by atoms with Gasteiger partial charge >= 0.3 is 0 Å². The minimum atomic E-state index is -0.742. The topological polar surface area (TPSA) is 74.2 Å². The summed E-state index contributed by atoms with van der Waals surface area (Å²) in [5.74, 6) is 7.18. The summed E-state index contributed by atoms with van der Waals surface area (Å²) in [6.45, 7) is 10.2. The van der Waals surface area contributed by atoms with Crippen molar-refractivity contribution >= 4 is 27.5 Å². The van der Waals surface area contributed by atoms with Crippen molar-refractivity contribution in [3.8, 4) is 28.7 Å². The third-order valence-corrected chi connectivity index (χ3v) is 7.24. The molecule has 0 amide bonds. The van der Waals surface area contributed by atoms with Crippen LogP contribution in [0.25, 0.3) is 32.8 Å². The number of carbonyl (C=O) groups is 1. The van der Waals surface area contributed by atoms with E-state index in [2.05, 4.69) is 52.1 Å². The second kappa shape index (κ2) is 10.4. The van der Waals surface area contributed by atoms with Crippen molar-refractivity contribution < 1.29 is 14.3 Å². The Hall–Kier alpha value is -4.60. The van der Waals surface area contributed by atoms with E-state index < -0.39 is 11.7 Å². The summed E-state index contributed by atoms with van der Waals surface area (Å²) in [5.41, 5.74) is 6.90. The molecule has 0 N–H and O–H groups in total. The fourth-order valence-corrected chi connectivity index (χ4v) is 5.58. The van der Waals surface area contributed by atoms with Crippen LogP contribution in [0.5, 0.6) is 5.75 Å². The second-order valence-corrected chi connectivity index (χ2v) is 11.4. The lowest BCUT2D eigenvalue weighted by Gasteiger charge is -2.30. The largest absolute Gasteiger partial charge is 0.493 e. The van der Waals surface area contributed by atoms with Gasteiger partial charge in [-0.15, -0.1) is 0 Å². The van der Waals surface area contributed by atoms with Gasteiger partial charge < -0.3 is 9.47 Å². The summed E-state index contributed by atoms with van der Waals surface area (Å²) in [6.07, 6.45) is 6.83. The quantitative estimate of drug-likeness (QED) is 0.230. The molecule has 1 aliphatic heterocycles. The zero-order chi connectivity index (χ0) is 28.7. The fourth-order valence-electron chi connectivity index (χ4n) is 5.58. The maximum Gasteiger partial charge on any atom is 0.163 e. The van der Waals surface area contributed by atoms with Crippen LogP contribution in [0.2, 0.25) is 0 Å². The molecule has 6 nitrogen and oxygen atoms in total. The molecule has 3 heterocycles. The van der Waals surface area contributed by atoms with E-state index in [0.717, 1.165) is 67.2 Å². The van der Waals surface area contributed by atoms with E-state index in [1.807, 2.05) is 46.0 Å². The number of aromatic nitrogens is 3. The average Bonchev–Trinajstić information content (AvgIpc) is 2.95. The Labute approximate surface area is 239 Å². The number of nitrogens with zero attached hydrogens (tertiary/aromatic N) is 3. The number of ether oxygens (including phenoxy) is 2. The Morgan fingerprint density at radius 3 is 2.56 bits per heavy atom. The van der Waals surface area contributed by atoms with E-state index in [4.69, 9.17) is 14.5 Å². The fraction of sp³-hybridized carbons (Fsp3) is 0.257. The van der Waals surface area contributed by atoms with Gasteiger partial charge in [0.05, 0.1) is 23.3 Å². The first-order valence-electron chi connectivity index (χ1n) is 13.8. The monoisotopic (exact) mass is 541 g/mol. The first-order valence-corrected chi connectivity index (χ1v) is 13.8. The lowest BCUT2D eigenvalue weighted by molar-refractivity contribution is -0.138. The van der Waals surface area contributed by atoms with Gasteiger partial charge in [0, 0.05) is 41.5 Å². The maximum absolute atomic E-state index is 13.2.